The zero-order valence-electron chi connectivity index (χ0n) is 14.2. The Morgan fingerprint density at radius 1 is 1.44 bits per heavy atom. The Morgan fingerprint density at radius 3 is 2.80 bits per heavy atom. The quantitative estimate of drug-likeness (QED) is 0.421. The van der Waals surface area contributed by atoms with E-state index in [1.54, 1.807) is 32.2 Å². The zero-order valence-corrected chi connectivity index (χ0v) is 15.1. The molecule has 0 fully saturated rings. The Hall–Kier alpha value is -2.19. The molecule has 25 heavy (non-hydrogen) atoms. The number of hydrogen-bond acceptors (Lipinski definition) is 5. The van der Waals surface area contributed by atoms with E-state index in [1.807, 2.05) is 4.57 Å². The summed E-state index contributed by atoms with van der Waals surface area (Å²) < 4.78 is 19.9. The number of aromatic nitrogens is 3. The molecule has 2 rings (SSSR count). The topological polar surface area (TPSA) is 69.0 Å². The monoisotopic (exact) mass is 364 g/mol. The molecular weight excluding hydrogens is 343 g/mol. The average Bonchev–Trinajstić information content (AvgIpc) is 2.98. The minimum atomic E-state index is -0.342. The van der Waals surface area contributed by atoms with Gasteiger partial charge in [-0.1, -0.05) is 17.8 Å². The normalized spacial score (nSPS) is 12.0. The maximum Gasteiger partial charge on any atom is 0.233 e. The van der Waals surface area contributed by atoms with Gasteiger partial charge in [-0.15, -0.1) is 16.8 Å². The smallest absolute Gasteiger partial charge is 0.233 e. The minimum Gasteiger partial charge on any atom is -0.383 e. The highest BCUT2D eigenvalue weighted by molar-refractivity contribution is 8.00. The molecule has 1 amide bonds. The molecule has 0 radical (unpaired) electrons. The van der Waals surface area contributed by atoms with Gasteiger partial charge in [-0.05, 0) is 31.2 Å². The van der Waals surface area contributed by atoms with E-state index in [0.29, 0.717) is 30.7 Å². The fourth-order valence-corrected chi connectivity index (χ4v) is 3.00. The number of hydrogen-bond donors (Lipinski definition) is 1. The van der Waals surface area contributed by atoms with Crippen molar-refractivity contribution in [3.8, 4) is 11.4 Å². The van der Waals surface area contributed by atoms with E-state index in [1.165, 1.54) is 23.9 Å². The molecule has 0 aliphatic carbocycles. The van der Waals surface area contributed by atoms with Gasteiger partial charge < -0.3 is 10.1 Å². The van der Waals surface area contributed by atoms with Gasteiger partial charge in [0.25, 0.3) is 0 Å². The van der Waals surface area contributed by atoms with Crippen LogP contribution in [-0.4, -0.2) is 46.2 Å². The first-order chi connectivity index (χ1) is 12.1. The molecule has 0 spiro atoms. The number of thioether (sulfide) groups is 1. The second-order valence-electron chi connectivity index (χ2n) is 5.26. The van der Waals surface area contributed by atoms with E-state index in [9.17, 15) is 9.18 Å². The van der Waals surface area contributed by atoms with E-state index >= 15 is 0 Å². The minimum absolute atomic E-state index is 0.0986. The van der Waals surface area contributed by atoms with Crippen molar-refractivity contribution < 1.29 is 13.9 Å². The molecular formula is C17H21FN4O2S. The molecule has 8 heteroatoms. The highest BCUT2D eigenvalue weighted by Gasteiger charge is 2.20. The summed E-state index contributed by atoms with van der Waals surface area (Å²) in [7, 11) is 1.58. The van der Waals surface area contributed by atoms with Crippen molar-refractivity contribution >= 4 is 17.7 Å². The number of nitrogens with zero attached hydrogens (tertiary/aromatic N) is 3. The number of rotatable bonds is 9. The number of carbonyl (C=O) groups excluding carboxylic acids is 1. The van der Waals surface area contributed by atoms with Crippen molar-refractivity contribution in [1.29, 1.82) is 0 Å². The predicted molar refractivity (Wildman–Crippen MR) is 95.8 cm³/mol. The summed E-state index contributed by atoms with van der Waals surface area (Å²) in [6.07, 6.45) is 1.73. The summed E-state index contributed by atoms with van der Waals surface area (Å²) in [5.41, 5.74) is 0.750. The lowest BCUT2D eigenvalue weighted by Crippen LogP contribution is -2.33. The Labute approximate surface area is 150 Å². The molecule has 0 unspecified atom stereocenters. The third-order valence-corrected chi connectivity index (χ3v) is 4.47. The molecule has 134 valence electrons. The van der Waals surface area contributed by atoms with E-state index in [2.05, 4.69) is 22.1 Å². The number of amides is 1. The van der Waals surface area contributed by atoms with Gasteiger partial charge in [0.15, 0.2) is 11.0 Å². The highest BCUT2D eigenvalue weighted by atomic mass is 32.2. The second-order valence-corrected chi connectivity index (χ2v) is 6.56. The van der Waals surface area contributed by atoms with Crippen LogP contribution in [0.3, 0.4) is 0 Å². The molecule has 0 bridgehead atoms. The van der Waals surface area contributed by atoms with Crippen molar-refractivity contribution in [2.75, 3.05) is 20.3 Å². The van der Waals surface area contributed by atoms with Crippen LogP contribution in [0.5, 0.6) is 0 Å². The lowest BCUT2D eigenvalue weighted by Gasteiger charge is -2.12. The van der Waals surface area contributed by atoms with Crippen molar-refractivity contribution in [3.05, 3.63) is 42.7 Å². The van der Waals surface area contributed by atoms with Crippen molar-refractivity contribution in [2.24, 2.45) is 0 Å². The van der Waals surface area contributed by atoms with E-state index in [4.69, 9.17) is 4.74 Å². The Morgan fingerprint density at radius 2 is 2.16 bits per heavy atom. The first-order valence-corrected chi connectivity index (χ1v) is 8.68. The fraction of sp³-hybridized carbons (Fsp3) is 0.353. The molecule has 1 heterocycles. The largest absolute Gasteiger partial charge is 0.383 e. The third-order valence-electron chi connectivity index (χ3n) is 3.39. The van der Waals surface area contributed by atoms with Crippen LogP contribution in [0.25, 0.3) is 11.4 Å². The average molecular weight is 364 g/mol. The van der Waals surface area contributed by atoms with Gasteiger partial charge in [0.2, 0.25) is 5.91 Å². The summed E-state index contributed by atoms with van der Waals surface area (Å²) in [5, 5.41) is 11.4. The number of nitrogens with one attached hydrogen (secondary N) is 1. The summed E-state index contributed by atoms with van der Waals surface area (Å²) in [5.74, 6) is 0.197. The van der Waals surface area contributed by atoms with Crippen molar-refractivity contribution in [3.63, 3.8) is 0 Å². The molecule has 1 aromatic carbocycles. The molecule has 0 aliphatic rings. The van der Waals surface area contributed by atoms with Gasteiger partial charge >= 0.3 is 0 Å². The van der Waals surface area contributed by atoms with E-state index in [-0.39, 0.29) is 17.0 Å². The fourth-order valence-electron chi connectivity index (χ4n) is 2.11. The SMILES string of the molecule is C=CCn1c(S[C@@H](C)C(=O)NCCOC)nnc1-c1ccc(F)cc1. The van der Waals surface area contributed by atoms with Gasteiger partial charge in [-0.3, -0.25) is 9.36 Å². The number of allylic oxidation sites excluding steroid dienone is 1. The van der Waals surface area contributed by atoms with Gasteiger partial charge in [-0.2, -0.15) is 0 Å². The number of methoxy groups -OCH3 is 1. The molecule has 6 nitrogen and oxygen atoms in total. The molecule has 1 aromatic heterocycles. The summed E-state index contributed by atoms with van der Waals surface area (Å²) in [4.78, 5) is 12.1. The lowest BCUT2D eigenvalue weighted by molar-refractivity contribution is -0.120. The van der Waals surface area contributed by atoms with Crippen molar-refractivity contribution in [1.82, 2.24) is 20.1 Å². The summed E-state index contributed by atoms with van der Waals surface area (Å²) in [6, 6.07) is 6.05. The van der Waals surface area contributed by atoms with Crippen LogP contribution in [0.2, 0.25) is 0 Å². The van der Waals surface area contributed by atoms with Crippen molar-refractivity contribution in [2.45, 2.75) is 23.9 Å². The van der Waals surface area contributed by atoms with E-state index < -0.39 is 0 Å². The first kappa shape index (κ1) is 19.1. The number of halogens is 1. The van der Waals surface area contributed by atoms with Gasteiger partial charge in [0.1, 0.15) is 5.82 Å². The molecule has 1 atom stereocenters. The molecule has 0 saturated heterocycles. The molecule has 2 aromatic rings. The number of benzene rings is 1. The lowest BCUT2D eigenvalue weighted by atomic mass is 10.2. The standard InChI is InChI=1S/C17H21FN4O2S/c1-4-10-22-15(13-5-7-14(18)8-6-13)20-21-17(22)25-12(2)16(23)19-9-11-24-3/h4-8,12H,1,9-11H2,2-3H3,(H,19,23)/t12-/m0/s1. The van der Waals surface area contributed by atoms with Gasteiger partial charge in [-0.25, -0.2) is 4.39 Å². The van der Waals surface area contributed by atoms with Crippen LogP contribution >= 0.6 is 11.8 Å². The summed E-state index contributed by atoms with van der Waals surface area (Å²) in [6.45, 7) is 6.96. The van der Waals surface area contributed by atoms with Crippen LogP contribution in [0.15, 0.2) is 42.1 Å². The Bertz CT molecular complexity index is 718. The maximum atomic E-state index is 13.1. The Balaban J connectivity index is 2.16. The third kappa shape index (κ3) is 5.14. The number of carbonyl (C=O) groups is 1. The summed E-state index contributed by atoms with van der Waals surface area (Å²) >= 11 is 1.31. The maximum absolute atomic E-state index is 13.1. The highest BCUT2D eigenvalue weighted by Crippen LogP contribution is 2.27. The van der Waals surface area contributed by atoms with Crippen LogP contribution in [0.1, 0.15) is 6.92 Å². The van der Waals surface area contributed by atoms with E-state index in [0.717, 1.165) is 5.56 Å². The zero-order chi connectivity index (χ0) is 18.2. The van der Waals surface area contributed by atoms with Crippen LogP contribution in [-0.2, 0) is 16.1 Å². The first-order valence-electron chi connectivity index (χ1n) is 7.80. The predicted octanol–water partition coefficient (Wildman–Crippen LogP) is 2.51. The molecule has 0 aliphatic heterocycles. The van der Waals surface area contributed by atoms with Crippen LogP contribution in [0, 0.1) is 5.82 Å². The van der Waals surface area contributed by atoms with Crippen LogP contribution in [0.4, 0.5) is 4.39 Å². The molecule has 1 N–H and O–H groups in total. The Kier molecular flexibility index (Phi) is 7.15. The second kappa shape index (κ2) is 9.33. The van der Waals surface area contributed by atoms with Gasteiger partial charge in [0, 0.05) is 25.8 Å². The van der Waals surface area contributed by atoms with Gasteiger partial charge in [0.05, 0.1) is 11.9 Å². The number of ether oxygens (including phenoxy) is 1. The molecule has 0 saturated carbocycles. The van der Waals surface area contributed by atoms with Crippen LogP contribution < -0.4 is 5.32 Å².